The van der Waals surface area contributed by atoms with Crippen LogP contribution in [0.3, 0.4) is 0 Å². The molecule has 1 atom stereocenters. The smallest absolute Gasteiger partial charge is 0.257 e. The fourth-order valence-corrected chi connectivity index (χ4v) is 3.74. The summed E-state index contributed by atoms with van der Waals surface area (Å²) >= 11 is 1.72. The van der Waals surface area contributed by atoms with Crippen LogP contribution in [-0.4, -0.2) is 40.3 Å². The van der Waals surface area contributed by atoms with E-state index in [1.807, 2.05) is 0 Å². The van der Waals surface area contributed by atoms with Crippen molar-refractivity contribution in [3.63, 3.8) is 0 Å². The second-order valence-corrected chi connectivity index (χ2v) is 7.86. The van der Waals surface area contributed by atoms with Gasteiger partial charge in [0.1, 0.15) is 0 Å². The number of amides is 1. The number of thiophene rings is 1. The Bertz CT molecular complexity index is 966. The van der Waals surface area contributed by atoms with Crippen molar-refractivity contribution in [2.75, 3.05) is 24.7 Å². The highest BCUT2D eigenvalue weighted by Gasteiger charge is 2.20. The number of hydrogen-bond acceptors (Lipinski definition) is 8. The number of aromatic nitrogens is 2. The predicted molar refractivity (Wildman–Crippen MR) is 109 cm³/mol. The van der Waals surface area contributed by atoms with Crippen molar-refractivity contribution in [2.24, 2.45) is 0 Å². The van der Waals surface area contributed by atoms with Crippen molar-refractivity contribution < 1.29 is 14.5 Å². The normalized spacial score (nSPS) is 11.9. The average Bonchev–Trinajstić information content (AvgIpc) is 3.29. The van der Waals surface area contributed by atoms with Crippen LogP contribution in [0.2, 0.25) is 0 Å². The van der Waals surface area contributed by atoms with E-state index in [0.717, 1.165) is 6.42 Å². The molecule has 3 aromatic rings. The molecule has 0 aliphatic rings. The summed E-state index contributed by atoms with van der Waals surface area (Å²) in [5.74, 6) is 0.311. The van der Waals surface area contributed by atoms with E-state index in [2.05, 4.69) is 46.9 Å². The first-order valence-corrected chi connectivity index (χ1v) is 9.68. The molecule has 0 spiro atoms. The van der Waals surface area contributed by atoms with Gasteiger partial charge in [-0.05, 0) is 47.9 Å². The Morgan fingerprint density at radius 2 is 2.00 bits per heavy atom. The van der Waals surface area contributed by atoms with Crippen LogP contribution in [0.1, 0.15) is 39.5 Å². The SMILES string of the molecule is CC[C@@H](Nc1nonc1Nc1cccc(C(=O)N(C)C)c1O)c1ccc(C)s1. The summed E-state index contributed by atoms with van der Waals surface area (Å²) in [5, 5.41) is 24.6. The number of phenols is 1. The Hall–Kier alpha value is -3.07. The molecule has 8 nitrogen and oxygen atoms in total. The number of nitrogens with zero attached hydrogens (tertiary/aromatic N) is 3. The van der Waals surface area contributed by atoms with Gasteiger partial charge in [0, 0.05) is 23.8 Å². The summed E-state index contributed by atoms with van der Waals surface area (Å²) < 4.78 is 4.88. The number of aromatic hydroxyl groups is 1. The van der Waals surface area contributed by atoms with E-state index in [0.29, 0.717) is 17.3 Å². The third-order valence-electron chi connectivity index (χ3n) is 4.24. The number of rotatable bonds is 7. The summed E-state index contributed by atoms with van der Waals surface area (Å²) in [6.07, 6.45) is 0.852. The van der Waals surface area contributed by atoms with Crippen LogP contribution < -0.4 is 10.6 Å². The van der Waals surface area contributed by atoms with Gasteiger partial charge < -0.3 is 20.6 Å². The lowest BCUT2D eigenvalue weighted by Crippen LogP contribution is -2.21. The Balaban J connectivity index is 1.83. The molecule has 1 aromatic carbocycles. The van der Waals surface area contributed by atoms with Gasteiger partial charge in [-0.1, -0.05) is 13.0 Å². The van der Waals surface area contributed by atoms with Crippen LogP contribution in [0.5, 0.6) is 5.75 Å². The first-order valence-electron chi connectivity index (χ1n) is 8.86. The molecular formula is C19H23N5O3S. The standard InChI is InChI=1S/C19H23N5O3S/c1-5-13(15-10-9-11(2)28-15)20-17-18(23-27-22-17)21-14-8-6-7-12(16(14)25)19(26)24(3)4/h6-10,13,25H,5H2,1-4H3,(H,20,22)(H,21,23)/t13-/m1/s1. The van der Waals surface area contributed by atoms with E-state index >= 15 is 0 Å². The second-order valence-electron chi connectivity index (χ2n) is 6.54. The Labute approximate surface area is 167 Å². The summed E-state index contributed by atoms with van der Waals surface area (Å²) in [5.41, 5.74) is 0.535. The Kier molecular flexibility index (Phi) is 5.84. The van der Waals surface area contributed by atoms with E-state index in [-0.39, 0.29) is 23.3 Å². The molecule has 0 radical (unpaired) electrons. The lowest BCUT2D eigenvalue weighted by Gasteiger charge is -2.16. The molecule has 9 heteroatoms. The van der Waals surface area contributed by atoms with E-state index in [9.17, 15) is 9.90 Å². The van der Waals surface area contributed by atoms with Gasteiger partial charge in [0.15, 0.2) is 5.75 Å². The number of carbonyl (C=O) groups is 1. The zero-order valence-corrected chi connectivity index (χ0v) is 17.0. The van der Waals surface area contributed by atoms with Crippen molar-refractivity contribution in [3.05, 3.63) is 45.6 Å². The van der Waals surface area contributed by atoms with E-state index in [1.165, 1.54) is 14.7 Å². The van der Waals surface area contributed by atoms with Crippen molar-refractivity contribution >= 4 is 34.6 Å². The van der Waals surface area contributed by atoms with Gasteiger partial charge in [-0.15, -0.1) is 11.3 Å². The molecule has 0 unspecified atom stereocenters. The lowest BCUT2D eigenvalue weighted by molar-refractivity contribution is 0.0824. The van der Waals surface area contributed by atoms with E-state index in [1.54, 1.807) is 43.6 Å². The predicted octanol–water partition coefficient (Wildman–Crippen LogP) is 4.15. The van der Waals surface area contributed by atoms with Crippen molar-refractivity contribution in [2.45, 2.75) is 26.3 Å². The van der Waals surface area contributed by atoms with E-state index < -0.39 is 0 Å². The van der Waals surface area contributed by atoms with Gasteiger partial charge in [-0.25, -0.2) is 4.63 Å². The van der Waals surface area contributed by atoms with Crippen LogP contribution in [0, 0.1) is 6.92 Å². The fourth-order valence-electron chi connectivity index (χ4n) is 2.73. The Morgan fingerprint density at radius 3 is 2.64 bits per heavy atom. The van der Waals surface area contributed by atoms with Crippen LogP contribution in [0.15, 0.2) is 35.0 Å². The highest BCUT2D eigenvalue weighted by atomic mass is 32.1. The molecule has 1 amide bonds. The summed E-state index contributed by atoms with van der Waals surface area (Å²) in [6, 6.07) is 9.12. The molecule has 3 N–H and O–H groups in total. The maximum atomic E-state index is 12.2. The maximum absolute atomic E-state index is 12.2. The number of nitrogens with one attached hydrogen (secondary N) is 2. The van der Waals surface area contributed by atoms with Crippen LogP contribution in [0.25, 0.3) is 0 Å². The molecule has 2 aromatic heterocycles. The third-order valence-corrected chi connectivity index (χ3v) is 5.35. The molecule has 0 saturated heterocycles. The number of anilines is 3. The third kappa shape index (κ3) is 4.09. The number of hydrogen-bond donors (Lipinski definition) is 3. The largest absolute Gasteiger partial charge is 0.505 e. The monoisotopic (exact) mass is 401 g/mol. The van der Waals surface area contributed by atoms with Gasteiger partial charge in [-0.2, -0.15) is 0 Å². The molecule has 0 fully saturated rings. The van der Waals surface area contributed by atoms with Crippen LogP contribution >= 0.6 is 11.3 Å². The lowest BCUT2D eigenvalue weighted by atomic mass is 10.1. The minimum Gasteiger partial charge on any atom is -0.505 e. The van der Waals surface area contributed by atoms with Gasteiger partial charge in [0.25, 0.3) is 5.91 Å². The fraction of sp³-hybridized carbons (Fsp3) is 0.316. The molecule has 28 heavy (non-hydrogen) atoms. The topological polar surface area (TPSA) is 104 Å². The average molecular weight is 401 g/mol. The molecular weight excluding hydrogens is 378 g/mol. The molecule has 0 aliphatic carbocycles. The molecule has 0 bridgehead atoms. The van der Waals surface area contributed by atoms with Crippen LogP contribution in [0.4, 0.5) is 17.3 Å². The minimum atomic E-state index is -0.295. The molecule has 0 aliphatic heterocycles. The second kappa shape index (κ2) is 8.30. The Morgan fingerprint density at radius 1 is 1.25 bits per heavy atom. The molecule has 0 saturated carbocycles. The van der Waals surface area contributed by atoms with Crippen molar-refractivity contribution in [1.82, 2.24) is 15.2 Å². The minimum absolute atomic E-state index is 0.0569. The zero-order valence-electron chi connectivity index (χ0n) is 16.2. The van der Waals surface area contributed by atoms with Crippen molar-refractivity contribution in [1.29, 1.82) is 0 Å². The van der Waals surface area contributed by atoms with Gasteiger partial charge >= 0.3 is 0 Å². The van der Waals surface area contributed by atoms with Crippen molar-refractivity contribution in [3.8, 4) is 5.75 Å². The maximum Gasteiger partial charge on any atom is 0.257 e. The van der Waals surface area contributed by atoms with E-state index in [4.69, 9.17) is 4.63 Å². The zero-order chi connectivity index (χ0) is 20.3. The molecule has 3 rings (SSSR count). The van der Waals surface area contributed by atoms with Gasteiger partial charge in [0.05, 0.1) is 17.3 Å². The first-order chi connectivity index (χ1) is 13.4. The molecule has 148 valence electrons. The number of para-hydroxylation sites is 1. The van der Waals surface area contributed by atoms with Crippen LogP contribution in [-0.2, 0) is 0 Å². The first kappa shape index (κ1) is 19.7. The summed E-state index contributed by atoms with van der Waals surface area (Å²) in [7, 11) is 3.26. The number of carbonyl (C=O) groups excluding carboxylic acids is 1. The highest BCUT2D eigenvalue weighted by Crippen LogP contribution is 2.34. The molecule has 2 heterocycles. The van der Waals surface area contributed by atoms with Gasteiger partial charge in [0.2, 0.25) is 11.6 Å². The summed E-state index contributed by atoms with van der Waals surface area (Å²) in [6.45, 7) is 4.14. The summed E-state index contributed by atoms with van der Waals surface area (Å²) in [4.78, 5) is 16.0. The quantitative estimate of drug-likeness (QED) is 0.511. The number of benzene rings is 1. The number of aryl methyl sites for hydroxylation is 1. The number of phenolic OH excluding ortho intramolecular Hbond substituents is 1. The van der Waals surface area contributed by atoms with Gasteiger partial charge in [-0.3, -0.25) is 4.79 Å². The highest BCUT2D eigenvalue weighted by molar-refractivity contribution is 7.12.